The van der Waals surface area contributed by atoms with Crippen molar-refractivity contribution in [2.45, 2.75) is 20.4 Å². The van der Waals surface area contributed by atoms with E-state index in [1.165, 1.54) is 0 Å². The molecular formula is C27H26F2N4O2. The third-order valence-electron chi connectivity index (χ3n) is 5.43. The summed E-state index contributed by atoms with van der Waals surface area (Å²) in [6.07, 6.45) is 0. The van der Waals surface area contributed by atoms with Crippen molar-refractivity contribution < 1.29 is 18.4 Å². The molecule has 0 unspecified atom stereocenters. The predicted molar refractivity (Wildman–Crippen MR) is 129 cm³/mol. The summed E-state index contributed by atoms with van der Waals surface area (Å²) in [6, 6.07) is 17.9. The summed E-state index contributed by atoms with van der Waals surface area (Å²) in [5, 5.41) is 11.6. The van der Waals surface area contributed by atoms with Crippen LogP contribution in [0.25, 0.3) is 0 Å². The molecule has 0 aliphatic rings. The fourth-order valence-corrected chi connectivity index (χ4v) is 3.45. The molecule has 0 saturated carbocycles. The van der Waals surface area contributed by atoms with Gasteiger partial charge in [-0.1, -0.05) is 26.0 Å². The first-order valence-corrected chi connectivity index (χ1v) is 11.0. The van der Waals surface area contributed by atoms with Crippen molar-refractivity contribution in [2.24, 2.45) is 11.1 Å². The molecule has 0 heterocycles. The normalized spacial score (nSPS) is 11.0. The van der Waals surface area contributed by atoms with Crippen molar-refractivity contribution in [1.82, 2.24) is 4.90 Å². The Morgan fingerprint density at radius 3 is 2.11 bits per heavy atom. The van der Waals surface area contributed by atoms with E-state index in [0.29, 0.717) is 42.5 Å². The van der Waals surface area contributed by atoms with Crippen LogP contribution in [0.1, 0.15) is 45.7 Å². The van der Waals surface area contributed by atoms with Gasteiger partial charge in [0.15, 0.2) is 0 Å². The average Bonchev–Trinajstić information content (AvgIpc) is 2.83. The van der Waals surface area contributed by atoms with E-state index in [9.17, 15) is 18.4 Å². The Balaban J connectivity index is 1.76. The number of hydrogen-bond donors (Lipinski definition) is 2. The van der Waals surface area contributed by atoms with Crippen molar-refractivity contribution in [1.29, 1.82) is 5.26 Å². The summed E-state index contributed by atoms with van der Waals surface area (Å²) in [6.45, 7) is 5.03. The molecule has 0 aliphatic heterocycles. The van der Waals surface area contributed by atoms with E-state index in [-0.39, 0.29) is 16.9 Å². The Morgan fingerprint density at radius 1 is 0.971 bits per heavy atom. The van der Waals surface area contributed by atoms with Gasteiger partial charge >= 0.3 is 0 Å². The molecule has 0 fully saturated rings. The zero-order valence-electron chi connectivity index (χ0n) is 19.5. The highest BCUT2D eigenvalue weighted by molar-refractivity contribution is 6.04. The molecule has 8 heteroatoms. The second-order valence-corrected chi connectivity index (χ2v) is 9.03. The number of nitrogens with zero attached hydrogens (tertiary/aromatic N) is 2. The number of carbonyl (C=O) groups is 2. The van der Waals surface area contributed by atoms with Gasteiger partial charge in [-0.2, -0.15) is 5.26 Å². The largest absolute Gasteiger partial charge is 0.334 e. The molecule has 35 heavy (non-hydrogen) atoms. The van der Waals surface area contributed by atoms with Crippen LogP contribution in [-0.4, -0.2) is 29.8 Å². The van der Waals surface area contributed by atoms with Gasteiger partial charge in [0.1, 0.15) is 11.6 Å². The number of amides is 2. The number of hydrogen-bond acceptors (Lipinski definition) is 4. The van der Waals surface area contributed by atoms with E-state index in [2.05, 4.69) is 5.32 Å². The second-order valence-electron chi connectivity index (χ2n) is 9.03. The number of carbonyl (C=O) groups excluding carboxylic acids is 2. The first-order valence-electron chi connectivity index (χ1n) is 11.0. The Morgan fingerprint density at radius 2 is 1.57 bits per heavy atom. The predicted octanol–water partition coefficient (Wildman–Crippen LogP) is 4.72. The van der Waals surface area contributed by atoms with E-state index < -0.39 is 17.5 Å². The summed E-state index contributed by atoms with van der Waals surface area (Å²) in [4.78, 5) is 27.3. The van der Waals surface area contributed by atoms with Crippen LogP contribution in [0.2, 0.25) is 0 Å². The smallest absolute Gasteiger partial charge is 0.255 e. The first-order chi connectivity index (χ1) is 16.6. The van der Waals surface area contributed by atoms with Gasteiger partial charge in [0.05, 0.1) is 11.6 Å². The zero-order valence-corrected chi connectivity index (χ0v) is 19.5. The van der Waals surface area contributed by atoms with Crippen LogP contribution in [0.3, 0.4) is 0 Å². The van der Waals surface area contributed by atoms with Crippen LogP contribution in [0.5, 0.6) is 0 Å². The molecule has 0 atom stereocenters. The Kier molecular flexibility index (Phi) is 7.94. The van der Waals surface area contributed by atoms with Crippen molar-refractivity contribution in [2.75, 3.05) is 18.4 Å². The molecule has 0 spiro atoms. The van der Waals surface area contributed by atoms with Gasteiger partial charge in [-0.25, -0.2) is 8.78 Å². The minimum atomic E-state index is -0.835. The SMILES string of the molecule is CC(C)(CN)CN(Cc1ccc(NC(=O)c2cc(F)cc(F)c2)cc1)C(=O)c1ccc(C#N)cc1. The van der Waals surface area contributed by atoms with Crippen LogP contribution in [-0.2, 0) is 6.54 Å². The van der Waals surface area contributed by atoms with Crippen LogP contribution in [0.4, 0.5) is 14.5 Å². The number of halogens is 2. The van der Waals surface area contributed by atoms with E-state index in [1.54, 1.807) is 53.4 Å². The van der Waals surface area contributed by atoms with Crippen LogP contribution in [0, 0.1) is 28.4 Å². The molecule has 3 aromatic carbocycles. The summed E-state index contributed by atoms with van der Waals surface area (Å²) in [5.41, 5.74) is 7.63. The molecule has 0 aromatic heterocycles. The molecule has 0 saturated heterocycles. The molecule has 3 rings (SSSR count). The molecule has 6 nitrogen and oxygen atoms in total. The van der Waals surface area contributed by atoms with Crippen molar-refractivity contribution >= 4 is 17.5 Å². The first kappa shape index (κ1) is 25.5. The summed E-state index contributed by atoms with van der Waals surface area (Å²) in [5.74, 6) is -2.50. The lowest BCUT2D eigenvalue weighted by Crippen LogP contribution is -2.41. The van der Waals surface area contributed by atoms with Crippen LogP contribution >= 0.6 is 0 Å². The molecule has 0 radical (unpaired) electrons. The molecule has 0 bridgehead atoms. The highest BCUT2D eigenvalue weighted by Gasteiger charge is 2.25. The van der Waals surface area contributed by atoms with Crippen LogP contribution in [0.15, 0.2) is 66.7 Å². The Labute approximate surface area is 203 Å². The minimum Gasteiger partial charge on any atom is -0.334 e. The average molecular weight is 477 g/mol. The lowest BCUT2D eigenvalue weighted by atomic mass is 9.92. The van der Waals surface area contributed by atoms with Crippen molar-refractivity contribution in [3.8, 4) is 6.07 Å². The molecular weight excluding hydrogens is 450 g/mol. The van der Waals surface area contributed by atoms with E-state index >= 15 is 0 Å². The molecule has 3 N–H and O–H groups in total. The third-order valence-corrected chi connectivity index (χ3v) is 5.43. The van der Waals surface area contributed by atoms with Gasteiger partial charge in [-0.15, -0.1) is 0 Å². The molecule has 3 aromatic rings. The number of anilines is 1. The Bertz CT molecular complexity index is 1230. The summed E-state index contributed by atoms with van der Waals surface area (Å²) in [7, 11) is 0. The maximum absolute atomic E-state index is 13.4. The maximum Gasteiger partial charge on any atom is 0.255 e. The monoisotopic (exact) mass is 476 g/mol. The van der Waals surface area contributed by atoms with Gasteiger partial charge < -0.3 is 16.0 Å². The van der Waals surface area contributed by atoms with Crippen LogP contribution < -0.4 is 11.1 Å². The van der Waals surface area contributed by atoms with Gasteiger partial charge in [-0.05, 0) is 66.1 Å². The maximum atomic E-state index is 13.4. The Hall–Kier alpha value is -4.09. The zero-order chi connectivity index (χ0) is 25.6. The fourth-order valence-electron chi connectivity index (χ4n) is 3.45. The second kappa shape index (κ2) is 10.9. The standard InChI is InChI=1S/C27H26F2N4O2/c1-27(2,16-31)17-33(26(35)20-7-3-18(14-30)4-8-20)15-19-5-9-24(10-6-19)32-25(34)21-11-22(28)13-23(29)12-21/h3-13H,15-17,31H2,1-2H3,(H,32,34). The quantitative estimate of drug-likeness (QED) is 0.492. The lowest BCUT2D eigenvalue weighted by Gasteiger charge is -2.32. The summed E-state index contributed by atoms with van der Waals surface area (Å²) >= 11 is 0. The van der Waals surface area contributed by atoms with E-state index in [0.717, 1.165) is 17.7 Å². The van der Waals surface area contributed by atoms with E-state index in [1.807, 2.05) is 19.9 Å². The molecule has 0 aliphatic carbocycles. The minimum absolute atomic E-state index is 0.130. The number of nitriles is 1. The van der Waals surface area contributed by atoms with Gasteiger partial charge in [0.25, 0.3) is 11.8 Å². The number of rotatable bonds is 8. The van der Waals surface area contributed by atoms with Crippen molar-refractivity contribution in [3.63, 3.8) is 0 Å². The highest BCUT2D eigenvalue weighted by Crippen LogP contribution is 2.21. The highest BCUT2D eigenvalue weighted by atomic mass is 19.1. The topological polar surface area (TPSA) is 99.2 Å². The lowest BCUT2D eigenvalue weighted by molar-refractivity contribution is 0.0673. The van der Waals surface area contributed by atoms with E-state index in [4.69, 9.17) is 11.0 Å². The number of nitrogens with one attached hydrogen (secondary N) is 1. The fraction of sp³-hybridized carbons (Fsp3) is 0.222. The van der Waals surface area contributed by atoms with Gasteiger partial charge in [0.2, 0.25) is 0 Å². The van der Waals surface area contributed by atoms with Gasteiger partial charge in [-0.3, -0.25) is 9.59 Å². The van der Waals surface area contributed by atoms with Gasteiger partial charge in [0, 0.05) is 36.0 Å². The molecule has 2 amide bonds. The van der Waals surface area contributed by atoms with Crippen molar-refractivity contribution in [3.05, 3.63) is 101 Å². The third kappa shape index (κ3) is 6.95. The number of benzene rings is 3. The summed E-state index contributed by atoms with van der Waals surface area (Å²) < 4.78 is 26.8. The molecule has 180 valence electrons. The number of nitrogens with two attached hydrogens (primary N) is 1.